The van der Waals surface area contributed by atoms with Gasteiger partial charge in [0, 0.05) is 29.0 Å². The fourth-order valence-electron chi connectivity index (χ4n) is 1.24. The van der Waals surface area contributed by atoms with E-state index in [1.807, 2.05) is 6.07 Å². The summed E-state index contributed by atoms with van der Waals surface area (Å²) in [5.74, 6) is 0.595. The number of aromatic nitrogens is 1. The van der Waals surface area contributed by atoms with E-state index >= 15 is 0 Å². The molecule has 0 saturated heterocycles. The van der Waals surface area contributed by atoms with Gasteiger partial charge >= 0.3 is 0 Å². The Balaban J connectivity index is 2.43. The summed E-state index contributed by atoms with van der Waals surface area (Å²) in [5, 5.41) is 13.0. The lowest BCUT2D eigenvalue weighted by Gasteiger charge is -2.13. The molecule has 0 saturated carbocycles. The standard InChI is InChI=1S/C11H17BrN2O/c1-8(2)4-13-7-11(15)9-3-10(12)6-14-5-9/h3,5-6,8,11,13,15H,4,7H2,1-2H3. The molecular formula is C11H17BrN2O. The molecule has 0 spiro atoms. The predicted octanol–water partition coefficient (Wildman–Crippen LogP) is 2.12. The maximum Gasteiger partial charge on any atom is 0.0929 e. The molecule has 0 aromatic carbocycles. The summed E-state index contributed by atoms with van der Waals surface area (Å²) in [4.78, 5) is 4.01. The summed E-state index contributed by atoms with van der Waals surface area (Å²) in [5.41, 5.74) is 0.834. The van der Waals surface area contributed by atoms with Crippen LogP contribution in [-0.2, 0) is 0 Å². The Labute approximate surface area is 99.1 Å². The molecule has 0 aliphatic carbocycles. The van der Waals surface area contributed by atoms with E-state index in [4.69, 9.17) is 0 Å². The minimum Gasteiger partial charge on any atom is -0.387 e. The lowest BCUT2D eigenvalue weighted by molar-refractivity contribution is 0.173. The summed E-state index contributed by atoms with van der Waals surface area (Å²) >= 11 is 3.33. The number of halogens is 1. The maximum absolute atomic E-state index is 9.83. The molecule has 0 radical (unpaired) electrons. The lowest BCUT2D eigenvalue weighted by atomic mass is 10.1. The van der Waals surface area contributed by atoms with E-state index < -0.39 is 6.10 Å². The molecular weight excluding hydrogens is 256 g/mol. The molecule has 4 heteroatoms. The van der Waals surface area contributed by atoms with Crippen LogP contribution in [-0.4, -0.2) is 23.2 Å². The van der Waals surface area contributed by atoms with E-state index in [9.17, 15) is 5.11 Å². The van der Waals surface area contributed by atoms with Crippen molar-refractivity contribution >= 4 is 15.9 Å². The van der Waals surface area contributed by atoms with E-state index in [2.05, 4.69) is 40.1 Å². The first kappa shape index (κ1) is 12.6. The molecule has 0 bridgehead atoms. The van der Waals surface area contributed by atoms with E-state index in [-0.39, 0.29) is 0 Å². The average molecular weight is 273 g/mol. The largest absolute Gasteiger partial charge is 0.387 e. The average Bonchev–Trinajstić information content (AvgIpc) is 2.17. The van der Waals surface area contributed by atoms with Crippen molar-refractivity contribution in [3.05, 3.63) is 28.5 Å². The van der Waals surface area contributed by atoms with Crippen LogP contribution in [0.25, 0.3) is 0 Å². The van der Waals surface area contributed by atoms with Gasteiger partial charge in [0.2, 0.25) is 0 Å². The predicted molar refractivity (Wildman–Crippen MR) is 64.6 cm³/mol. The fourth-order valence-corrected chi connectivity index (χ4v) is 1.62. The van der Waals surface area contributed by atoms with E-state index in [1.54, 1.807) is 12.4 Å². The molecule has 0 aliphatic heterocycles. The van der Waals surface area contributed by atoms with Crippen LogP contribution in [0, 0.1) is 5.92 Å². The van der Waals surface area contributed by atoms with E-state index in [1.165, 1.54) is 0 Å². The van der Waals surface area contributed by atoms with E-state index in [0.717, 1.165) is 16.6 Å². The topological polar surface area (TPSA) is 45.1 Å². The number of nitrogens with one attached hydrogen (secondary N) is 1. The van der Waals surface area contributed by atoms with Gasteiger partial charge in [0.05, 0.1) is 6.10 Å². The summed E-state index contributed by atoms with van der Waals surface area (Å²) in [6.45, 7) is 5.76. The van der Waals surface area contributed by atoms with Crippen molar-refractivity contribution in [2.45, 2.75) is 20.0 Å². The van der Waals surface area contributed by atoms with Crippen LogP contribution < -0.4 is 5.32 Å². The number of hydrogen-bond donors (Lipinski definition) is 2. The second kappa shape index (κ2) is 6.20. The quantitative estimate of drug-likeness (QED) is 0.863. The second-order valence-corrected chi connectivity index (χ2v) is 4.92. The molecule has 0 amide bonds. The zero-order valence-electron chi connectivity index (χ0n) is 9.07. The van der Waals surface area contributed by atoms with Crippen LogP contribution in [0.2, 0.25) is 0 Å². The number of rotatable bonds is 5. The van der Waals surface area contributed by atoms with Crippen LogP contribution in [0.1, 0.15) is 25.5 Å². The van der Waals surface area contributed by atoms with Gasteiger partial charge in [0.1, 0.15) is 0 Å². The van der Waals surface area contributed by atoms with Gasteiger partial charge in [-0.2, -0.15) is 0 Å². The molecule has 84 valence electrons. The van der Waals surface area contributed by atoms with Crippen LogP contribution in [0.3, 0.4) is 0 Å². The minimum absolute atomic E-state index is 0.492. The summed E-state index contributed by atoms with van der Waals surface area (Å²) in [6.07, 6.45) is 2.90. The molecule has 0 fully saturated rings. The van der Waals surface area contributed by atoms with Gasteiger partial charge in [-0.15, -0.1) is 0 Å². The summed E-state index contributed by atoms with van der Waals surface area (Å²) in [6, 6.07) is 1.88. The Hall–Kier alpha value is -0.450. The molecule has 1 heterocycles. The van der Waals surface area contributed by atoms with Gasteiger partial charge in [0.15, 0.2) is 0 Å². The molecule has 3 nitrogen and oxygen atoms in total. The Kier molecular flexibility index (Phi) is 5.22. The third-order valence-electron chi connectivity index (χ3n) is 2.00. The zero-order valence-corrected chi connectivity index (χ0v) is 10.7. The van der Waals surface area contributed by atoms with Crippen LogP contribution >= 0.6 is 15.9 Å². The highest BCUT2D eigenvalue weighted by Gasteiger charge is 2.07. The Morgan fingerprint density at radius 3 is 2.73 bits per heavy atom. The maximum atomic E-state index is 9.83. The summed E-state index contributed by atoms with van der Waals surface area (Å²) < 4.78 is 0.892. The molecule has 2 N–H and O–H groups in total. The van der Waals surface area contributed by atoms with Crippen molar-refractivity contribution in [2.75, 3.05) is 13.1 Å². The van der Waals surface area contributed by atoms with Gasteiger partial charge in [0.25, 0.3) is 0 Å². The highest BCUT2D eigenvalue weighted by molar-refractivity contribution is 9.10. The highest BCUT2D eigenvalue weighted by Crippen LogP contribution is 2.15. The fraction of sp³-hybridized carbons (Fsp3) is 0.545. The molecule has 1 unspecified atom stereocenters. The van der Waals surface area contributed by atoms with Crippen molar-refractivity contribution in [1.29, 1.82) is 0 Å². The Bertz CT molecular complexity index is 304. The monoisotopic (exact) mass is 272 g/mol. The number of aliphatic hydroxyl groups is 1. The van der Waals surface area contributed by atoms with Crippen LogP contribution in [0.4, 0.5) is 0 Å². The lowest BCUT2D eigenvalue weighted by Crippen LogP contribution is -2.25. The van der Waals surface area contributed by atoms with Gasteiger partial charge in [-0.1, -0.05) is 13.8 Å². The number of pyridine rings is 1. The Morgan fingerprint density at radius 2 is 2.13 bits per heavy atom. The highest BCUT2D eigenvalue weighted by atomic mass is 79.9. The van der Waals surface area contributed by atoms with E-state index in [0.29, 0.717) is 12.5 Å². The second-order valence-electron chi connectivity index (χ2n) is 4.00. The molecule has 1 atom stereocenters. The molecule has 1 rings (SSSR count). The normalized spacial score (nSPS) is 13.1. The third kappa shape index (κ3) is 4.73. The van der Waals surface area contributed by atoms with Gasteiger partial charge in [-0.05, 0) is 34.5 Å². The van der Waals surface area contributed by atoms with Crippen LogP contribution in [0.15, 0.2) is 22.9 Å². The first-order valence-corrected chi connectivity index (χ1v) is 5.88. The van der Waals surface area contributed by atoms with Crippen molar-refractivity contribution in [3.63, 3.8) is 0 Å². The smallest absolute Gasteiger partial charge is 0.0929 e. The van der Waals surface area contributed by atoms with Crippen LogP contribution in [0.5, 0.6) is 0 Å². The zero-order chi connectivity index (χ0) is 11.3. The van der Waals surface area contributed by atoms with Crippen molar-refractivity contribution in [1.82, 2.24) is 10.3 Å². The van der Waals surface area contributed by atoms with Crippen molar-refractivity contribution < 1.29 is 5.11 Å². The van der Waals surface area contributed by atoms with Crippen molar-refractivity contribution in [3.8, 4) is 0 Å². The minimum atomic E-state index is -0.492. The first-order chi connectivity index (χ1) is 7.09. The number of aliphatic hydroxyl groups excluding tert-OH is 1. The number of nitrogens with zero attached hydrogens (tertiary/aromatic N) is 1. The first-order valence-electron chi connectivity index (χ1n) is 5.09. The Morgan fingerprint density at radius 1 is 1.40 bits per heavy atom. The summed E-state index contributed by atoms with van der Waals surface area (Å²) in [7, 11) is 0. The number of hydrogen-bond acceptors (Lipinski definition) is 3. The molecule has 1 aromatic rings. The van der Waals surface area contributed by atoms with Gasteiger partial charge in [-0.3, -0.25) is 4.98 Å². The molecule has 15 heavy (non-hydrogen) atoms. The third-order valence-corrected chi connectivity index (χ3v) is 2.43. The molecule has 1 aromatic heterocycles. The molecule has 0 aliphatic rings. The van der Waals surface area contributed by atoms with Crippen molar-refractivity contribution in [2.24, 2.45) is 5.92 Å². The van der Waals surface area contributed by atoms with Gasteiger partial charge < -0.3 is 10.4 Å². The SMILES string of the molecule is CC(C)CNCC(O)c1cncc(Br)c1. The van der Waals surface area contributed by atoms with Gasteiger partial charge in [-0.25, -0.2) is 0 Å².